The number of hydrogen-bond donors (Lipinski definition) is 1. The van der Waals surface area contributed by atoms with Gasteiger partial charge in [0, 0.05) is 5.56 Å². The van der Waals surface area contributed by atoms with Crippen molar-refractivity contribution in [1.29, 1.82) is 0 Å². The molecule has 4 nitrogen and oxygen atoms in total. The second-order valence-electron chi connectivity index (χ2n) is 4.60. The third-order valence-electron chi connectivity index (χ3n) is 2.95. The van der Waals surface area contributed by atoms with E-state index in [9.17, 15) is 9.59 Å². The molecular weight excluding hydrogens is 230 g/mol. The number of carbonyl (C=O) groups is 1. The average Bonchev–Trinajstić information content (AvgIpc) is 2.31. The van der Waals surface area contributed by atoms with Gasteiger partial charge in [0.05, 0.1) is 5.52 Å². The van der Waals surface area contributed by atoms with Gasteiger partial charge < -0.3 is 5.11 Å². The van der Waals surface area contributed by atoms with Gasteiger partial charge in [-0.1, -0.05) is 32.0 Å². The molecule has 1 aromatic carbocycles. The lowest BCUT2D eigenvalue weighted by molar-refractivity contribution is -0.137. The number of para-hydroxylation sites is 1. The van der Waals surface area contributed by atoms with Gasteiger partial charge in [0.25, 0.3) is 5.56 Å². The number of aliphatic carboxylic acids is 1. The molecule has 0 aliphatic rings. The molecule has 1 aromatic heterocycles. The minimum Gasteiger partial charge on any atom is -0.480 e. The van der Waals surface area contributed by atoms with E-state index in [2.05, 4.69) is 0 Å². The van der Waals surface area contributed by atoms with E-state index in [0.29, 0.717) is 11.1 Å². The molecule has 94 valence electrons. The van der Waals surface area contributed by atoms with Crippen molar-refractivity contribution in [3.05, 3.63) is 46.2 Å². The summed E-state index contributed by atoms with van der Waals surface area (Å²) in [5, 5.41) is 9.81. The van der Waals surface area contributed by atoms with E-state index in [1.54, 1.807) is 12.1 Å². The van der Waals surface area contributed by atoms with E-state index in [1.165, 1.54) is 4.57 Å². The molecule has 0 radical (unpaired) electrons. The molecule has 0 bridgehead atoms. The van der Waals surface area contributed by atoms with Gasteiger partial charge in [-0.05, 0) is 23.4 Å². The molecule has 2 aromatic rings. The number of carboxylic acid groups (broad SMARTS) is 1. The second-order valence-corrected chi connectivity index (χ2v) is 4.60. The van der Waals surface area contributed by atoms with E-state index >= 15 is 0 Å². The Morgan fingerprint density at radius 1 is 1.33 bits per heavy atom. The molecule has 2 rings (SSSR count). The number of carboxylic acids is 1. The summed E-state index contributed by atoms with van der Waals surface area (Å²) in [6.45, 7) is 3.55. The lowest BCUT2D eigenvalue weighted by atomic mass is 10.0. The van der Waals surface area contributed by atoms with Crippen molar-refractivity contribution in [1.82, 2.24) is 4.57 Å². The standard InChI is InChI=1S/C14H15NO3/c1-9(2)11-7-10-5-3-4-6-12(10)15(14(11)18)8-13(16)17/h3-7,9H,8H2,1-2H3,(H,16,17). The first kappa shape index (κ1) is 12.4. The molecule has 4 heteroatoms. The first-order valence-corrected chi connectivity index (χ1v) is 5.85. The van der Waals surface area contributed by atoms with Crippen LogP contribution >= 0.6 is 0 Å². The first-order valence-electron chi connectivity index (χ1n) is 5.85. The van der Waals surface area contributed by atoms with Crippen LogP contribution in [0, 0.1) is 0 Å². The normalized spacial score (nSPS) is 11.1. The molecule has 0 saturated carbocycles. The van der Waals surface area contributed by atoms with Crippen LogP contribution in [-0.4, -0.2) is 15.6 Å². The Morgan fingerprint density at radius 3 is 2.61 bits per heavy atom. The maximum absolute atomic E-state index is 12.3. The van der Waals surface area contributed by atoms with Crippen molar-refractivity contribution in [2.24, 2.45) is 0 Å². The Balaban J connectivity index is 2.81. The van der Waals surface area contributed by atoms with E-state index in [1.807, 2.05) is 32.0 Å². The van der Waals surface area contributed by atoms with Crippen LogP contribution in [0.5, 0.6) is 0 Å². The molecule has 0 aliphatic heterocycles. The highest BCUT2D eigenvalue weighted by Gasteiger charge is 2.13. The Hall–Kier alpha value is -2.10. The summed E-state index contributed by atoms with van der Waals surface area (Å²) in [7, 11) is 0. The molecule has 0 aliphatic carbocycles. The van der Waals surface area contributed by atoms with Gasteiger partial charge in [-0.3, -0.25) is 14.2 Å². The highest BCUT2D eigenvalue weighted by atomic mass is 16.4. The maximum Gasteiger partial charge on any atom is 0.323 e. The van der Waals surface area contributed by atoms with Gasteiger partial charge in [-0.15, -0.1) is 0 Å². The molecule has 0 fully saturated rings. The van der Waals surface area contributed by atoms with E-state index in [-0.39, 0.29) is 18.0 Å². The van der Waals surface area contributed by atoms with Gasteiger partial charge in [0.1, 0.15) is 6.54 Å². The number of benzene rings is 1. The number of fused-ring (bicyclic) bond motifs is 1. The zero-order valence-corrected chi connectivity index (χ0v) is 10.4. The van der Waals surface area contributed by atoms with Gasteiger partial charge in [0.2, 0.25) is 0 Å². The summed E-state index contributed by atoms with van der Waals surface area (Å²) >= 11 is 0. The Morgan fingerprint density at radius 2 is 2.00 bits per heavy atom. The van der Waals surface area contributed by atoms with Gasteiger partial charge in [0.15, 0.2) is 0 Å². The van der Waals surface area contributed by atoms with Crippen molar-refractivity contribution in [3.8, 4) is 0 Å². The summed E-state index contributed by atoms with van der Waals surface area (Å²) in [4.78, 5) is 23.1. The number of rotatable bonds is 3. The SMILES string of the molecule is CC(C)c1cc2ccccc2n(CC(=O)O)c1=O. The zero-order chi connectivity index (χ0) is 13.3. The molecular formula is C14H15NO3. The minimum absolute atomic E-state index is 0.0714. The van der Waals surface area contributed by atoms with Gasteiger partial charge in [-0.2, -0.15) is 0 Å². The van der Waals surface area contributed by atoms with Gasteiger partial charge in [-0.25, -0.2) is 0 Å². The fourth-order valence-corrected chi connectivity index (χ4v) is 2.06. The highest BCUT2D eigenvalue weighted by Crippen LogP contribution is 2.17. The zero-order valence-electron chi connectivity index (χ0n) is 10.4. The summed E-state index contributed by atoms with van der Waals surface area (Å²) in [6.07, 6.45) is 0. The highest BCUT2D eigenvalue weighted by molar-refractivity contribution is 5.81. The molecule has 1 heterocycles. The third kappa shape index (κ3) is 2.14. The average molecular weight is 245 g/mol. The van der Waals surface area contributed by atoms with Crippen molar-refractivity contribution in [3.63, 3.8) is 0 Å². The quantitative estimate of drug-likeness (QED) is 0.901. The molecule has 0 unspecified atom stereocenters. The smallest absolute Gasteiger partial charge is 0.323 e. The summed E-state index contributed by atoms with van der Waals surface area (Å²) in [5.41, 5.74) is 1.09. The van der Waals surface area contributed by atoms with Crippen molar-refractivity contribution >= 4 is 16.9 Å². The van der Waals surface area contributed by atoms with E-state index in [0.717, 1.165) is 5.39 Å². The van der Waals surface area contributed by atoms with Gasteiger partial charge >= 0.3 is 5.97 Å². The molecule has 0 amide bonds. The van der Waals surface area contributed by atoms with Crippen LogP contribution in [0.1, 0.15) is 25.3 Å². The minimum atomic E-state index is -1.01. The number of aromatic nitrogens is 1. The lowest BCUT2D eigenvalue weighted by Gasteiger charge is -2.12. The Bertz CT molecular complexity index is 656. The first-order chi connectivity index (χ1) is 8.50. The fraction of sp³-hybridized carbons (Fsp3) is 0.286. The van der Waals surface area contributed by atoms with Crippen LogP contribution in [0.2, 0.25) is 0 Å². The molecule has 0 spiro atoms. The molecule has 1 N–H and O–H groups in total. The topological polar surface area (TPSA) is 59.3 Å². The van der Waals surface area contributed by atoms with E-state index in [4.69, 9.17) is 5.11 Å². The largest absolute Gasteiger partial charge is 0.480 e. The van der Waals surface area contributed by atoms with E-state index < -0.39 is 5.97 Å². The molecule has 0 atom stereocenters. The monoisotopic (exact) mass is 245 g/mol. The number of hydrogen-bond acceptors (Lipinski definition) is 2. The molecule has 0 saturated heterocycles. The predicted octanol–water partition coefficient (Wildman–Crippen LogP) is 2.21. The van der Waals surface area contributed by atoms with Crippen molar-refractivity contribution < 1.29 is 9.90 Å². The summed E-state index contributed by atoms with van der Waals surface area (Å²) in [5.74, 6) is -0.940. The fourth-order valence-electron chi connectivity index (χ4n) is 2.06. The van der Waals surface area contributed by atoms with Crippen LogP contribution in [0.4, 0.5) is 0 Å². The van der Waals surface area contributed by atoms with Crippen molar-refractivity contribution in [2.75, 3.05) is 0 Å². The predicted molar refractivity (Wildman–Crippen MR) is 69.9 cm³/mol. The number of pyridine rings is 1. The van der Waals surface area contributed by atoms with Crippen LogP contribution in [0.15, 0.2) is 35.1 Å². The second kappa shape index (κ2) is 4.64. The third-order valence-corrected chi connectivity index (χ3v) is 2.95. The Labute approximate surface area is 104 Å². The van der Waals surface area contributed by atoms with Crippen LogP contribution in [0.3, 0.4) is 0 Å². The summed E-state index contributed by atoms with van der Waals surface area (Å²) in [6, 6.07) is 9.18. The number of nitrogens with zero attached hydrogens (tertiary/aromatic N) is 1. The summed E-state index contributed by atoms with van der Waals surface area (Å²) < 4.78 is 1.33. The Kier molecular flexibility index (Phi) is 3.19. The van der Waals surface area contributed by atoms with Crippen LogP contribution in [0.25, 0.3) is 10.9 Å². The van der Waals surface area contributed by atoms with Crippen LogP contribution < -0.4 is 5.56 Å². The van der Waals surface area contributed by atoms with Crippen molar-refractivity contribution in [2.45, 2.75) is 26.3 Å². The van der Waals surface area contributed by atoms with Crippen LogP contribution in [-0.2, 0) is 11.3 Å². The molecule has 18 heavy (non-hydrogen) atoms. The lowest BCUT2D eigenvalue weighted by Crippen LogP contribution is -2.27. The maximum atomic E-state index is 12.3.